The fourth-order valence-corrected chi connectivity index (χ4v) is 3.58. The molecule has 0 fully saturated rings. The normalized spacial score (nSPS) is 10.6. The molecule has 2 aromatic carbocycles. The summed E-state index contributed by atoms with van der Waals surface area (Å²) in [7, 11) is 1.61. The van der Waals surface area contributed by atoms with Gasteiger partial charge in [-0.25, -0.2) is 9.37 Å². The van der Waals surface area contributed by atoms with Crippen LogP contribution in [-0.2, 0) is 13.0 Å². The molecule has 3 aromatic rings. The van der Waals surface area contributed by atoms with Gasteiger partial charge >= 0.3 is 0 Å². The molecule has 0 unspecified atom stereocenters. The molecule has 0 bridgehead atoms. The van der Waals surface area contributed by atoms with Gasteiger partial charge in [0.1, 0.15) is 16.4 Å². The van der Waals surface area contributed by atoms with Crippen LogP contribution in [0.2, 0.25) is 0 Å². The first-order valence-corrected chi connectivity index (χ1v) is 8.98. The Morgan fingerprint density at radius 1 is 1.19 bits per heavy atom. The second-order valence-electron chi connectivity index (χ2n) is 5.86. The molecule has 0 aliphatic rings. The number of rotatable bonds is 6. The summed E-state index contributed by atoms with van der Waals surface area (Å²) in [6, 6.07) is 13.9. The first-order chi connectivity index (χ1) is 12.5. The molecule has 1 aromatic heterocycles. The van der Waals surface area contributed by atoms with E-state index in [1.165, 1.54) is 23.5 Å². The number of halogens is 1. The quantitative estimate of drug-likeness (QED) is 0.710. The number of amides is 1. The Morgan fingerprint density at radius 2 is 1.96 bits per heavy atom. The van der Waals surface area contributed by atoms with Crippen molar-refractivity contribution in [1.82, 2.24) is 10.3 Å². The fraction of sp³-hybridized carbons (Fsp3) is 0.200. The third-order valence-corrected chi connectivity index (χ3v) is 5.06. The predicted octanol–water partition coefficient (Wildman–Crippen LogP) is 4.12. The van der Waals surface area contributed by atoms with Crippen LogP contribution < -0.4 is 10.1 Å². The Kier molecular flexibility index (Phi) is 5.63. The summed E-state index contributed by atoms with van der Waals surface area (Å²) in [5.74, 6) is 0.349. The SMILES string of the molecule is COc1cccc(CNC(=O)c2sc(Cc3ccc(F)cc3)nc2C)c1. The molecule has 3 rings (SSSR count). The number of aryl methyl sites for hydroxylation is 1. The predicted molar refractivity (Wildman–Crippen MR) is 100 cm³/mol. The lowest BCUT2D eigenvalue weighted by molar-refractivity contribution is 0.0954. The molecule has 0 saturated heterocycles. The Bertz CT molecular complexity index is 906. The minimum Gasteiger partial charge on any atom is -0.497 e. The molecule has 26 heavy (non-hydrogen) atoms. The van der Waals surface area contributed by atoms with E-state index in [1.54, 1.807) is 19.2 Å². The number of aromatic nitrogens is 1. The highest BCUT2D eigenvalue weighted by molar-refractivity contribution is 7.13. The van der Waals surface area contributed by atoms with Crippen molar-refractivity contribution in [2.75, 3.05) is 7.11 Å². The van der Waals surface area contributed by atoms with Gasteiger partial charge in [-0.05, 0) is 42.3 Å². The molecule has 134 valence electrons. The average molecular weight is 370 g/mol. The van der Waals surface area contributed by atoms with Crippen LogP contribution in [0.3, 0.4) is 0 Å². The first kappa shape index (κ1) is 18.1. The Morgan fingerprint density at radius 3 is 2.69 bits per heavy atom. The molecule has 0 radical (unpaired) electrons. The number of nitrogens with one attached hydrogen (secondary N) is 1. The number of ether oxygens (including phenoxy) is 1. The number of carbonyl (C=O) groups is 1. The molecule has 0 atom stereocenters. The van der Waals surface area contributed by atoms with E-state index in [2.05, 4.69) is 10.3 Å². The zero-order valence-electron chi connectivity index (χ0n) is 14.6. The lowest BCUT2D eigenvalue weighted by Crippen LogP contribution is -2.22. The van der Waals surface area contributed by atoms with Crippen molar-refractivity contribution in [3.63, 3.8) is 0 Å². The van der Waals surface area contributed by atoms with E-state index in [0.717, 1.165) is 21.9 Å². The van der Waals surface area contributed by atoms with Crippen molar-refractivity contribution >= 4 is 17.2 Å². The number of carbonyl (C=O) groups excluding carboxylic acids is 1. The van der Waals surface area contributed by atoms with Crippen LogP contribution in [-0.4, -0.2) is 18.0 Å². The molecular formula is C20H19FN2O2S. The summed E-state index contributed by atoms with van der Waals surface area (Å²) in [4.78, 5) is 17.6. The van der Waals surface area contributed by atoms with Crippen LogP contribution >= 0.6 is 11.3 Å². The molecule has 0 aliphatic heterocycles. The lowest BCUT2D eigenvalue weighted by atomic mass is 10.1. The van der Waals surface area contributed by atoms with E-state index in [-0.39, 0.29) is 11.7 Å². The fourth-order valence-electron chi connectivity index (χ4n) is 2.56. The van der Waals surface area contributed by atoms with Crippen LogP contribution in [0.15, 0.2) is 48.5 Å². The van der Waals surface area contributed by atoms with Crippen LogP contribution in [0.25, 0.3) is 0 Å². The van der Waals surface area contributed by atoms with E-state index in [4.69, 9.17) is 4.74 Å². The Hall–Kier alpha value is -2.73. The highest BCUT2D eigenvalue weighted by Gasteiger charge is 2.15. The number of benzene rings is 2. The highest BCUT2D eigenvalue weighted by Crippen LogP contribution is 2.21. The second-order valence-corrected chi connectivity index (χ2v) is 6.94. The third kappa shape index (κ3) is 4.46. The van der Waals surface area contributed by atoms with Crippen molar-refractivity contribution in [3.05, 3.63) is 81.1 Å². The summed E-state index contributed by atoms with van der Waals surface area (Å²) >= 11 is 1.37. The molecule has 1 amide bonds. The number of thiazole rings is 1. The van der Waals surface area contributed by atoms with E-state index in [1.807, 2.05) is 31.2 Å². The molecule has 4 nitrogen and oxygen atoms in total. The Balaban J connectivity index is 1.65. The maximum absolute atomic E-state index is 13.0. The summed E-state index contributed by atoms with van der Waals surface area (Å²) in [6.07, 6.45) is 0.578. The van der Waals surface area contributed by atoms with Gasteiger partial charge in [0.25, 0.3) is 5.91 Å². The molecule has 0 saturated carbocycles. The summed E-state index contributed by atoms with van der Waals surface area (Å²) in [5, 5.41) is 3.75. The Labute approximate surface area is 155 Å². The zero-order chi connectivity index (χ0) is 18.5. The maximum Gasteiger partial charge on any atom is 0.263 e. The van der Waals surface area contributed by atoms with Crippen molar-refractivity contribution in [3.8, 4) is 5.75 Å². The summed E-state index contributed by atoms with van der Waals surface area (Å²) in [6.45, 7) is 2.24. The third-order valence-electron chi connectivity index (χ3n) is 3.90. The van der Waals surface area contributed by atoms with Crippen molar-refractivity contribution in [2.24, 2.45) is 0 Å². The molecule has 6 heteroatoms. The standard InChI is InChI=1S/C20H19FN2O2S/c1-13-19(20(24)22-12-15-4-3-5-17(10-15)25-2)26-18(23-13)11-14-6-8-16(21)9-7-14/h3-10H,11-12H2,1-2H3,(H,22,24). The van der Waals surface area contributed by atoms with Gasteiger partial charge in [0, 0.05) is 13.0 Å². The summed E-state index contributed by atoms with van der Waals surface area (Å²) < 4.78 is 18.2. The van der Waals surface area contributed by atoms with Crippen molar-refractivity contribution < 1.29 is 13.9 Å². The second kappa shape index (κ2) is 8.10. The van der Waals surface area contributed by atoms with Crippen LogP contribution in [0.5, 0.6) is 5.75 Å². The van der Waals surface area contributed by atoms with E-state index in [0.29, 0.717) is 23.5 Å². The first-order valence-electron chi connectivity index (χ1n) is 8.17. The maximum atomic E-state index is 13.0. The number of hydrogen-bond acceptors (Lipinski definition) is 4. The monoisotopic (exact) mass is 370 g/mol. The van der Waals surface area contributed by atoms with Gasteiger partial charge in [-0.15, -0.1) is 11.3 Å². The average Bonchev–Trinajstić information content (AvgIpc) is 3.02. The molecular weight excluding hydrogens is 351 g/mol. The van der Waals surface area contributed by atoms with Gasteiger partial charge in [-0.1, -0.05) is 24.3 Å². The van der Waals surface area contributed by atoms with Crippen molar-refractivity contribution in [2.45, 2.75) is 19.9 Å². The zero-order valence-corrected chi connectivity index (χ0v) is 15.4. The molecule has 0 spiro atoms. The molecule has 0 aliphatic carbocycles. The van der Waals surface area contributed by atoms with Gasteiger partial charge < -0.3 is 10.1 Å². The summed E-state index contributed by atoms with van der Waals surface area (Å²) in [5.41, 5.74) is 2.63. The van der Waals surface area contributed by atoms with E-state index in [9.17, 15) is 9.18 Å². The van der Waals surface area contributed by atoms with Crippen LogP contribution in [0.1, 0.15) is 31.5 Å². The molecule has 1 N–H and O–H groups in total. The minimum absolute atomic E-state index is 0.145. The smallest absolute Gasteiger partial charge is 0.263 e. The van der Waals surface area contributed by atoms with Gasteiger partial charge in [0.05, 0.1) is 17.8 Å². The minimum atomic E-state index is -0.262. The lowest BCUT2D eigenvalue weighted by Gasteiger charge is -2.06. The number of hydrogen-bond donors (Lipinski definition) is 1. The topological polar surface area (TPSA) is 51.2 Å². The number of nitrogens with zero attached hydrogens (tertiary/aromatic N) is 1. The van der Waals surface area contributed by atoms with Gasteiger partial charge in [-0.3, -0.25) is 4.79 Å². The van der Waals surface area contributed by atoms with Crippen LogP contribution in [0.4, 0.5) is 4.39 Å². The molecule has 1 heterocycles. The van der Waals surface area contributed by atoms with Gasteiger partial charge in [-0.2, -0.15) is 0 Å². The number of methoxy groups -OCH3 is 1. The highest BCUT2D eigenvalue weighted by atomic mass is 32.1. The van der Waals surface area contributed by atoms with Crippen molar-refractivity contribution in [1.29, 1.82) is 0 Å². The van der Waals surface area contributed by atoms with Gasteiger partial charge in [0.15, 0.2) is 0 Å². The van der Waals surface area contributed by atoms with Crippen LogP contribution in [0, 0.1) is 12.7 Å². The van der Waals surface area contributed by atoms with E-state index < -0.39 is 0 Å². The largest absolute Gasteiger partial charge is 0.497 e. The van der Waals surface area contributed by atoms with Gasteiger partial charge in [0.2, 0.25) is 0 Å². The van der Waals surface area contributed by atoms with E-state index >= 15 is 0 Å².